The SMILES string of the molecule is C[C@@H]1C[C@@H](C)CN(C(=O)CN2C(=O)COc3ccccc32)C1. The zero-order chi connectivity index (χ0) is 15.7. The number of likely N-dealkylation sites (tertiary alicyclic amines) is 1. The van der Waals surface area contributed by atoms with Crippen LogP contribution >= 0.6 is 0 Å². The Balaban J connectivity index is 1.75. The summed E-state index contributed by atoms with van der Waals surface area (Å²) in [7, 11) is 0. The number of rotatable bonds is 2. The van der Waals surface area contributed by atoms with Gasteiger partial charge in [-0.15, -0.1) is 0 Å². The van der Waals surface area contributed by atoms with Crippen LogP contribution in [0.5, 0.6) is 5.75 Å². The first-order valence-electron chi connectivity index (χ1n) is 7.84. The van der Waals surface area contributed by atoms with Crippen molar-refractivity contribution in [3.05, 3.63) is 24.3 Å². The lowest BCUT2D eigenvalue weighted by molar-refractivity contribution is -0.134. The topological polar surface area (TPSA) is 49.9 Å². The molecule has 2 heterocycles. The van der Waals surface area contributed by atoms with Crippen molar-refractivity contribution in [3.63, 3.8) is 0 Å². The van der Waals surface area contributed by atoms with Crippen molar-refractivity contribution in [1.29, 1.82) is 0 Å². The molecule has 0 spiro atoms. The van der Waals surface area contributed by atoms with E-state index in [0.29, 0.717) is 23.3 Å². The van der Waals surface area contributed by atoms with E-state index < -0.39 is 0 Å². The first kappa shape index (κ1) is 14.9. The van der Waals surface area contributed by atoms with Crippen molar-refractivity contribution >= 4 is 17.5 Å². The number of para-hydroxylation sites is 2. The molecule has 0 saturated carbocycles. The van der Waals surface area contributed by atoms with Gasteiger partial charge in [-0.3, -0.25) is 14.5 Å². The van der Waals surface area contributed by atoms with Crippen LogP contribution in [0.25, 0.3) is 0 Å². The summed E-state index contributed by atoms with van der Waals surface area (Å²) in [6.45, 7) is 6.00. The minimum absolute atomic E-state index is 0.00288. The highest BCUT2D eigenvalue weighted by molar-refractivity contribution is 6.02. The summed E-state index contributed by atoms with van der Waals surface area (Å²) in [5, 5.41) is 0. The molecule has 2 aliphatic heterocycles. The molecule has 0 aliphatic carbocycles. The van der Waals surface area contributed by atoms with Crippen molar-refractivity contribution in [2.24, 2.45) is 11.8 Å². The maximum atomic E-state index is 12.6. The van der Waals surface area contributed by atoms with E-state index in [2.05, 4.69) is 13.8 Å². The first-order chi connectivity index (χ1) is 10.5. The smallest absolute Gasteiger partial charge is 0.265 e. The molecule has 2 atom stereocenters. The lowest BCUT2D eigenvalue weighted by atomic mass is 9.92. The second-order valence-corrected chi connectivity index (χ2v) is 6.48. The van der Waals surface area contributed by atoms with Gasteiger partial charge in [0.2, 0.25) is 5.91 Å². The number of nitrogens with zero attached hydrogens (tertiary/aromatic N) is 2. The number of hydrogen-bond acceptors (Lipinski definition) is 3. The van der Waals surface area contributed by atoms with Crippen molar-refractivity contribution in [2.45, 2.75) is 20.3 Å². The van der Waals surface area contributed by atoms with Gasteiger partial charge in [-0.05, 0) is 30.4 Å². The van der Waals surface area contributed by atoms with E-state index in [4.69, 9.17) is 4.74 Å². The molecular formula is C17H22N2O3. The number of ether oxygens (including phenoxy) is 1. The predicted octanol–water partition coefficient (Wildman–Crippen LogP) is 1.92. The Morgan fingerprint density at radius 2 is 1.91 bits per heavy atom. The molecule has 3 rings (SSSR count). The largest absolute Gasteiger partial charge is 0.482 e. The van der Waals surface area contributed by atoms with Crippen molar-refractivity contribution in [1.82, 2.24) is 4.90 Å². The van der Waals surface area contributed by atoms with Gasteiger partial charge in [0.15, 0.2) is 6.61 Å². The standard InChI is InChI=1S/C17H22N2O3/c1-12-7-13(2)9-18(8-12)16(20)10-19-14-5-3-4-6-15(14)22-11-17(19)21/h3-6,12-13H,7-11H2,1-2H3/t12-,13-/m1/s1. The van der Waals surface area contributed by atoms with Gasteiger partial charge >= 0.3 is 0 Å². The molecule has 1 fully saturated rings. The zero-order valence-corrected chi connectivity index (χ0v) is 13.1. The first-order valence-corrected chi connectivity index (χ1v) is 7.84. The van der Waals surface area contributed by atoms with Gasteiger partial charge in [-0.1, -0.05) is 26.0 Å². The van der Waals surface area contributed by atoms with E-state index in [9.17, 15) is 9.59 Å². The lowest BCUT2D eigenvalue weighted by Gasteiger charge is -2.37. The Labute approximate surface area is 130 Å². The normalized spacial score (nSPS) is 24.7. The van der Waals surface area contributed by atoms with E-state index in [0.717, 1.165) is 19.5 Å². The molecule has 5 heteroatoms. The number of amides is 2. The third kappa shape index (κ3) is 2.93. The highest BCUT2D eigenvalue weighted by Crippen LogP contribution is 2.31. The molecule has 1 aromatic rings. The van der Waals surface area contributed by atoms with Crippen LogP contribution in [0.2, 0.25) is 0 Å². The highest BCUT2D eigenvalue weighted by Gasteiger charge is 2.31. The van der Waals surface area contributed by atoms with Gasteiger partial charge in [0.25, 0.3) is 5.91 Å². The lowest BCUT2D eigenvalue weighted by Crippen LogP contribution is -2.50. The number of fused-ring (bicyclic) bond motifs is 1. The summed E-state index contributed by atoms with van der Waals surface area (Å²) in [6, 6.07) is 7.36. The minimum atomic E-state index is -0.162. The number of anilines is 1. The Bertz CT molecular complexity index is 577. The Hall–Kier alpha value is -2.04. The molecule has 118 valence electrons. The third-order valence-electron chi connectivity index (χ3n) is 4.32. The molecular weight excluding hydrogens is 280 g/mol. The van der Waals surface area contributed by atoms with Crippen LogP contribution in [0, 0.1) is 11.8 Å². The molecule has 0 radical (unpaired) electrons. The molecule has 22 heavy (non-hydrogen) atoms. The van der Waals surface area contributed by atoms with Crippen LogP contribution in [0.1, 0.15) is 20.3 Å². The number of carbonyl (C=O) groups excluding carboxylic acids is 2. The Morgan fingerprint density at radius 1 is 1.23 bits per heavy atom. The fourth-order valence-electron chi connectivity index (χ4n) is 3.43. The molecule has 0 N–H and O–H groups in total. The summed E-state index contributed by atoms with van der Waals surface area (Å²) in [6.07, 6.45) is 1.16. The second-order valence-electron chi connectivity index (χ2n) is 6.48. The van der Waals surface area contributed by atoms with Crippen LogP contribution in [0.15, 0.2) is 24.3 Å². The molecule has 0 aromatic heterocycles. The van der Waals surface area contributed by atoms with Crippen LogP contribution in [-0.4, -0.2) is 43.0 Å². The fraction of sp³-hybridized carbons (Fsp3) is 0.529. The number of benzene rings is 1. The van der Waals surface area contributed by atoms with E-state index in [1.54, 1.807) is 4.90 Å². The van der Waals surface area contributed by atoms with Gasteiger partial charge in [-0.2, -0.15) is 0 Å². The van der Waals surface area contributed by atoms with Gasteiger partial charge < -0.3 is 9.64 Å². The molecule has 0 bridgehead atoms. The molecule has 5 nitrogen and oxygen atoms in total. The van der Waals surface area contributed by atoms with E-state index in [1.165, 1.54) is 0 Å². The molecule has 0 unspecified atom stereocenters. The number of hydrogen-bond donors (Lipinski definition) is 0. The van der Waals surface area contributed by atoms with Crippen LogP contribution < -0.4 is 9.64 Å². The van der Waals surface area contributed by atoms with E-state index in [1.807, 2.05) is 29.2 Å². The summed E-state index contributed by atoms with van der Waals surface area (Å²) >= 11 is 0. The minimum Gasteiger partial charge on any atom is -0.482 e. The third-order valence-corrected chi connectivity index (χ3v) is 4.32. The van der Waals surface area contributed by atoms with Crippen molar-refractivity contribution in [2.75, 3.05) is 31.1 Å². The van der Waals surface area contributed by atoms with Gasteiger partial charge in [0.1, 0.15) is 12.3 Å². The van der Waals surface area contributed by atoms with Gasteiger partial charge in [-0.25, -0.2) is 0 Å². The van der Waals surface area contributed by atoms with Crippen molar-refractivity contribution in [3.8, 4) is 5.75 Å². The van der Waals surface area contributed by atoms with Gasteiger partial charge in [0, 0.05) is 13.1 Å². The van der Waals surface area contributed by atoms with Gasteiger partial charge in [0.05, 0.1) is 5.69 Å². The zero-order valence-electron chi connectivity index (χ0n) is 13.1. The average molecular weight is 302 g/mol. The van der Waals surface area contributed by atoms with Crippen molar-refractivity contribution < 1.29 is 14.3 Å². The van der Waals surface area contributed by atoms with Crippen LogP contribution in [0.3, 0.4) is 0 Å². The number of piperidine rings is 1. The molecule has 2 amide bonds. The van der Waals surface area contributed by atoms with Crippen LogP contribution in [-0.2, 0) is 9.59 Å². The monoisotopic (exact) mass is 302 g/mol. The molecule has 1 saturated heterocycles. The fourth-order valence-corrected chi connectivity index (χ4v) is 3.43. The Kier molecular flexibility index (Phi) is 4.05. The van der Waals surface area contributed by atoms with E-state index >= 15 is 0 Å². The summed E-state index contributed by atoms with van der Waals surface area (Å²) in [4.78, 5) is 28.2. The maximum absolute atomic E-state index is 12.6. The van der Waals surface area contributed by atoms with Crippen LogP contribution in [0.4, 0.5) is 5.69 Å². The quantitative estimate of drug-likeness (QED) is 0.838. The number of carbonyl (C=O) groups is 2. The molecule has 2 aliphatic rings. The summed E-state index contributed by atoms with van der Waals surface area (Å²) < 4.78 is 5.41. The average Bonchev–Trinajstić information content (AvgIpc) is 2.49. The summed E-state index contributed by atoms with van der Waals surface area (Å²) in [5.41, 5.74) is 0.685. The highest BCUT2D eigenvalue weighted by atomic mass is 16.5. The molecule has 1 aromatic carbocycles. The Morgan fingerprint density at radius 3 is 2.64 bits per heavy atom. The predicted molar refractivity (Wildman–Crippen MR) is 83.8 cm³/mol. The van der Waals surface area contributed by atoms with E-state index in [-0.39, 0.29) is 25.0 Å². The maximum Gasteiger partial charge on any atom is 0.265 e. The second kappa shape index (κ2) is 5.99. The summed E-state index contributed by atoms with van der Waals surface area (Å²) in [5.74, 6) is 1.55.